The van der Waals surface area contributed by atoms with Gasteiger partial charge in [0.1, 0.15) is 6.61 Å². The number of likely N-dealkylation sites (N-methyl/N-ethyl adjacent to an activating group) is 1. The predicted octanol–water partition coefficient (Wildman–Crippen LogP) is 4.50. The lowest BCUT2D eigenvalue weighted by Crippen LogP contribution is -2.43. The van der Waals surface area contributed by atoms with Crippen LogP contribution in [0.3, 0.4) is 0 Å². The van der Waals surface area contributed by atoms with E-state index >= 15 is 0 Å². The summed E-state index contributed by atoms with van der Waals surface area (Å²) in [7, 11) is 2.05. The zero-order valence-corrected chi connectivity index (χ0v) is 20.6. The quantitative estimate of drug-likeness (QED) is 0.461. The Bertz CT molecular complexity index is 960. The smallest absolute Gasteiger partial charge is 0.407 e. The van der Waals surface area contributed by atoms with E-state index < -0.39 is 12.4 Å². The van der Waals surface area contributed by atoms with Gasteiger partial charge in [-0.3, -0.25) is 0 Å². The number of ether oxygens (including phenoxy) is 3. The molecule has 2 aromatic rings. The molecule has 0 spiro atoms. The van der Waals surface area contributed by atoms with Crippen LogP contribution in [0.15, 0.2) is 73.8 Å². The molecule has 2 N–H and O–H groups in total. The third-order valence-corrected chi connectivity index (χ3v) is 6.08. The normalized spacial score (nSPS) is 21.9. The van der Waals surface area contributed by atoms with Crippen LogP contribution in [0.25, 0.3) is 0 Å². The summed E-state index contributed by atoms with van der Waals surface area (Å²) in [6.45, 7) is 11.6. The molecule has 0 aliphatic carbocycles. The molecule has 7 nitrogen and oxygen atoms in total. The number of nitrogens with one attached hydrogen (secondary N) is 1. The van der Waals surface area contributed by atoms with Crippen LogP contribution in [0, 0.1) is 5.92 Å². The number of rotatable bonds is 11. The number of carbonyl (C=O) groups is 1. The van der Waals surface area contributed by atoms with Crippen LogP contribution < -0.4 is 5.32 Å². The second kappa shape index (κ2) is 13.2. The molecule has 1 saturated heterocycles. The largest absolute Gasteiger partial charge is 0.445 e. The van der Waals surface area contributed by atoms with Gasteiger partial charge >= 0.3 is 6.09 Å². The second-order valence-corrected chi connectivity index (χ2v) is 8.81. The van der Waals surface area contributed by atoms with Crippen LogP contribution in [0.1, 0.15) is 41.6 Å². The van der Waals surface area contributed by atoms with Gasteiger partial charge in [-0.05, 0) is 23.7 Å². The minimum absolute atomic E-state index is 0.00918. The van der Waals surface area contributed by atoms with E-state index in [0.717, 1.165) is 35.3 Å². The van der Waals surface area contributed by atoms with Gasteiger partial charge in [-0.15, -0.1) is 6.58 Å². The molecule has 1 aliphatic heterocycles. The number of carbonyl (C=O) groups excluding carboxylic acids is 1. The van der Waals surface area contributed by atoms with Crippen LogP contribution >= 0.6 is 0 Å². The molecule has 0 aromatic heterocycles. The lowest BCUT2D eigenvalue weighted by atomic mass is 9.90. The van der Waals surface area contributed by atoms with Gasteiger partial charge in [0, 0.05) is 31.1 Å². The molecule has 188 valence electrons. The summed E-state index contributed by atoms with van der Waals surface area (Å²) < 4.78 is 17.9. The Kier molecular flexibility index (Phi) is 10.0. The molecule has 1 fully saturated rings. The minimum Gasteiger partial charge on any atom is -0.445 e. The molecule has 1 heterocycles. The Morgan fingerprint density at radius 2 is 1.71 bits per heavy atom. The first-order valence-corrected chi connectivity index (χ1v) is 11.9. The first-order valence-electron chi connectivity index (χ1n) is 11.9. The van der Waals surface area contributed by atoms with Gasteiger partial charge in [0.25, 0.3) is 0 Å². The SMILES string of the molecule is C=CCOC(=O)NCc1ccc([C@@H]2O[C@H](CN(C)CC=C)[C@H](C)[C@H](c3ccc(CO)cc3)O2)cc1. The Balaban J connectivity index is 1.75. The molecule has 7 heteroatoms. The molecule has 2 aromatic carbocycles. The van der Waals surface area contributed by atoms with Gasteiger partial charge in [-0.25, -0.2) is 4.79 Å². The zero-order chi connectivity index (χ0) is 25.2. The Morgan fingerprint density at radius 3 is 2.34 bits per heavy atom. The van der Waals surface area contributed by atoms with Gasteiger partial charge in [0.2, 0.25) is 0 Å². The number of aliphatic hydroxyl groups is 1. The van der Waals surface area contributed by atoms with Crippen molar-refractivity contribution in [1.29, 1.82) is 0 Å². The Labute approximate surface area is 208 Å². The molecule has 1 amide bonds. The summed E-state index contributed by atoms with van der Waals surface area (Å²) in [6, 6.07) is 15.7. The van der Waals surface area contributed by atoms with E-state index in [0.29, 0.717) is 6.54 Å². The third-order valence-electron chi connectivity index (χ3n) is 6.08. The third kappa shape index (κ3) is 7.50. The maximum Gasteiger partial charge on any atom is 0.407 e. The van der Waals surface area contributed by atoms with Crippen molar-refractivity contribution < 1.29 is 24.1 Å². The number of hydrogen-bond acceptors (Lipinski definition) is 6. The molecular weight excluding hydrogens is 444 g/mol. The van der Waals surface area contributed by atoms with E-state index in [1.807, 2.05) is 54.6 Å². The fourth-order valence-electron chi connectivity index (χ4n) is 4.08. The molecular formula is C28H36N2O5. The zero-order valence-electron chi connectivity index (χ0n) is 20.6. The maximum atomic E-state index is 11.7. The highest BCUT2D eigenvalue weighted by Gasteiger charge is 2.38. The lowest BCUT2D eigenvalue weighted by molar-refractivity contribution is -0.275. The van der Waals surface area contributed by atoms with Crippen molar-refractivity contribution in [2.24, 2.45) is 5.92 Å². The Hall–Kier alpha value is -2.97. The Morgan fingerprint density at radius 1 is 1.06 bits per heavy atom. The highest BCUT2D eigenvalue weighted by atomic mass is 16.7. The van der Waals surface area contributed by atoms with Crippen molar-refractivity contribution in [2.45, 2.75) is 38.6 Å². The molecule has 35 heavy (non-hydrogen) atoms. The molecule has 3 rings (SSSR count). The van der Waals surface area contributed by atoms with Gasteiger partial charge in [0.15, 0.2) is 6.29 Å². The summed E-state index contributed by atoms with van der Waals surface area (Å²) in [6.07, 6.45) is 2.17. The number of nitrogens with zero attached hydrogens (tertiary/aromatic N) is 1. The average Bonchev–Trinajstić information content (AvgIpc) is 2.88. The van der Waals surface area contributed by atoms with Gasteiger partial charge in [-0.1, -0.05) is 74.2 Å². The van der Waals surface area contributed by atoms with E-state index in [9.17, 15) is 9.90 Å². The standard InChI is InChI=1S/C28H36N2O5/c1-5-15-30(4)18-25-20(3)26(23-11-9-22(19-31)10-12-23)35-27(34-25)24-13-7-21(8-14-24)17-29-28(32)33-16-6-2/h5-14,20,25-27,31H,1-2,15-19H2,3-4H3,(H,29,32)/t20-,25+,26+,27+/m0/s1. The summed E-state index contributed by atoms with van der Waals surface area (Å²) in [5.74, 6) is 0.114. The molecule has 0 radical (unpaired) electrons. The second-order valence-electron chi connectivity index (χ2n) is 8.81. The topological polar surface area (TPSA) is 80.3 Å². The fourth-order valence-corrected chi connectivity index (χ4v) is 4.08. The number of alkyl carbamates (subject to hydrolysis) is 1. The van der Waals surface area contributed by atoms with Crippen LogP contribution in [0.5, 0.6) is 0 Å². The van der Waals surface area contributed by atoms with Crippen LogP contribution in [-0.2, 0) is 27.4 Å². The van der Waals surface area contributed by atoms with Crippen molar-refractivity contribution >= 4 is 6.09 Å². The minimum atomic E-state index is -0.532. The first-order chi connectivity index (χ1) is 16.9. The monoisotopic (exact) mass is 480 g/mol. The lowest BCUT2D eigenvalue weighted by Gasteiger charge is -2.42. The molecule has 0 unspecified atom stereocenters. The number of amides is 1. The van der Waals surface area contributed by atoms with Crippen LogP contribution in [0.4, 0.5) is 4.79 Å². The predicted molar refractivity (Wildman–Crippen MR) is 135 cm³/mol. The molecule has 1 aliphatic rings. The van der Waals surface area contributed by atoms with E-state index in [4.69, 9.17) is 14.2 Å². The number of hydrogen-bond donors (Lipinski definition) is 2. The maximum absolute atomic E-state index is 11.7. The highest BCUT2D eigenvalue weighted by Crippen LogP contribution is 2.41. The summed E-state index contributed by atoms with van der Waals surface area (Å²) in [5.41, 5.74) is 3.76. The first kappa shape index (κ1) is 26.6. The van der Waals surface area contributed by atoms with Crippen molar-refractivity contribution in [3.8, 4) is 0 Å². The number of aliphatic hydroxyl groups excluding tert-OH is 1. The molecule has 0 bridgehead atoms. The highest BCUT2D eigenvalue weighted by molar-refractivity contribution is 5.67. The number of benzene rings is 2. The van der Waals surface area contributed by atoms with Crippen LogP contribution in [0.2, 0.25) is 0 Å². The van der Waals surface area contributed by atoms with Crippen molar-refractivity contribution in [3.05, 3.63) is 96.1 Å². The van der Waals surface area contributed by atoms with E-state index in [-0.39, 0.29) is 31.3 Å². The van der Waals surface area contributed by atoms with Crippen molar-refractivity contribution in [2.75, 3.05) is 26.7 Å². The van der Waals surface area contributed by atoms with E-state index in [2.05, 4.69) is 37.3 Å². The van der Waals surface area contributed by atoms with Gasteiger partial charge in [0.05, 0.1) is 18.8 Å². The summed E-state index contributed by atoms with van der Waals surface area (Å²) >= 11 is 0. The van der Waals surface area contributed by atoms with Gasteiger partial charge < -0.3 is 29.5 Å². The molecule has 0 saturated carbocycles. The van der Waals surface area contributed by atoms with Crippen LogP contribution in [-0.4, -0.2) is 48.9 Å². The summed E-state index contributed by atoms with van der Waals surface area (Å²) in [4.78, 5) is 13.8. The summed E-state index contributed by atoms with van der Waals surface area (Å²) in [5, 5.41) is 12.1. The molecule has 4 atom stereocenters. The van der Waals surface area contributed by atoms with Crippen molar-refractivity contribution in [3.63, 3.8) is 0 Å². The van der Waals surface area contributed by atoms with Crippen molar-refractivity contribution in [1.82, 2.24) is 10.2 Å². The fraction of sp³-hybridized carbons (Fsp3) is 0.393. The van der Waals surface area contributed by atoms with Gasteiger partial charge in [-0.2, -0.15) is 0 Å². The van der Waals surface area contributed by atoms with E-state index in [1.54, 1.807) is 0 Å². The average molecular weight is 481 g/mol. The van der Waals surface area contributed by atoms with E-state index in [1.165, 1.54) is 6.08 Å².